The Hall–Kier alpha value is -2.08. The number of halogens is 2. The SMILES string of the molecule is Cc1cccc(-c2nc(CC(=O)Nc3cc(Cl)c(N)c(Cl)c3)cs2)c1. The molecule has 0 atom stereocenters. The van der Waals surface area contributed by atoms with Crippen molar-refractivity contribution in [2.24, 2.45) is 0 Å². The van der Waals surface area contributed by atoms with E-state index in [9.17, 15) is 4.79 Å². The van der Waals surface area contributed by atoms with Crippen molar-refractivity contribution in [3.8, 4) is 10.6 Å². The largest absolute Gasteiger partial charge is 0.396 e. The van der Waals surface area contributed by atoms with E-state index in [1.54, 1.807) is 12.1 Å². The van der Waals surface area contributed by atoms with E-state index in [-0.39, 0.29) is 12.3 Å². The van der Waals surface area contributed by atoms with Crippen molar-refractivity contribution in [3.63, 3.8) is 0 Å². The minimum absolute atomic E-state index is 0.169. The smallest absolute Gasteiger partial charge is 0.230 e. The van der Waals surface area contributed by atoms with Gasteiger partial charge < -0.3 is 11.1 Å². The highest BCUT2D eigenvalue weighted by Crippen LogP contribution is 2.31. The number of amides is 1. The molecular formula is C18H15Cl2N3OS. The zero-order valence-corrected chi connectivity index (χ0v) is 15.7. The normalized spacial score (nSPS) is 10.7. The highest BCUT2D eigenvalue weighted by molar-refractivity contribution is 7.13. The van der Waals surface area contributed by atoms with Crippen LogP contribution in [-0.2, 0) is 11.2 Å². The fourth-order valence-electron chi connectivity index (χ4n) is 2.32. The molecule has 0 saturated heterocycles. The lowest BCUT2D eigenvalue weighted by molar-refractivity contribution is -0.115. The van der Waals surface area contributed by atoms with Crippen molar-refractivity contribution in [3.05, 3.63) is 63.1 Å². The van der Waals surface area contributed by atoms with Crippen molar-refractivity contribution in [1.82, 2.24) is 4.98 Å². The molecule has 2 aromatic carbocycles. The van der Waals surface area contributed by atoms with E-state index in [2.05, 4.69) is 16.4 Å². The summed E-state index contributed by atoms with van der Waals surface area (Å²) in [5.41, 5.74) is 9.42. The molecule has 0 bridgehead atoms. The fraction of sp³-hybridized carbons (Fsp3) is 0.111. The number of hydrogen-bond acceptors (Lipinski definition) is 4. The van der Waals surface area contributed by atoms with Gasteiger partial charge in [-0.15, -0.1) is 11.3 Å². The van der Waals surface area contributed by atoms with Crippen LogP contribution in [0.2, 0.25) is 10.0 Å². The number of anilines is 2. The number of nitrogen functional groups attached to an aromatic ring is 1. The molecule has 1 heterocycles. The molecule has 3 rings (SSSR count). The summed E-state index contributed by atoms with van der Waals surface area (Å²) in [5.74, 6) is -0.196. The average Bonchev–Trinajstić information content (AvgIpc) is 3.01. The number of aromatic nitrogens is 1. The summed E-state index contributed by atoms with van der Waals surface area (Å²) < 4.78 is 0. The summed E-state index contributed by atoms with van der Waals surface area (Å²) in [6.07, 6.45) is 0.169. The Balaban J connectivity index is 1.70. The highest BCUT2D eigenvalue weighted by atomic mass is 35.5. The van der Waals surface area contributed by atoms with Crippen LogP contribution < -0.4 is 11.1 Å². The van der Waals surface area contributed by atoms with Crippen LogP contribution in [0.5, 0.6) is 0 Å². The molecule has 3 N–H and O–H groups in total. The zero-order valence-electron chi connectivity index (χ0n) is 13.3. The van der Waals surface area contributed by atoms with Crippen LogP contribution in [0.3, 0.4) is 0 Å². The van der Waals surface area contributed by atoms with Gasteiger partial charge in [0.1, 0.15) is 5.01 Å². The van der Waals surface area contributed by atoms with E-state index >= 15 is 0 Å². The van der Waals surface area contributed by atoms with E-state index in [1.807, 2.05) is 30.5 Å². The van der Waals surface area contributed by atoms with Crippen molar-refractivity contribution in [2.75, 3.05) is 11.1 Å². The summed E-state index contributed by atoms with van der Waals surface area (Å²) in [5, 5.41) is 6.15. The lowest BCUT2D eigenvalue weighted by atomic mass is 10.1. The van der Waals surface area contributed by atoms with Gasteiger partial charge in [-0.25, -0.2) is 4.98 Å². The predicted octanol–water partition coefficient (Wildman–Crippen LogP) is 5.19. The van der Waals surface area contributed by atoms with Gasteiger partial charge in [0.2, 0.25) is 5.91 Å². The Kier molecular flexibility index (Phi) is 5.27. The number of carbonyl (C=O) groups excluding carboxylic acids is 1. The summed E-state index contributed by atoms with van der Waals surface area (Å²) in [6, 6.07) is 11.2. The Labute approximate surface area is 159 Å². The zero-order chi connectivity index (χ0) is 18.0. The van der Waals surface area contributed by atoms with Crippen LogP contribution in [0.4, 0.5) is 11.4 Å². The molecule has 128 valence electrons. The summed E-state index contributed by atoms with van der Waals surface area (Å²) >= 11 is 13.5. The predicted molar refractivity (Wildman–Crippen MR) is 105 cm³/mol. The van der Waals surface area contributed by atoms with Crippen LogP contribution in [-0.4, -0.2) is 10.9 Å². The number of aryl methyl sites for hydroxylation is 1. The number of carbonyl (C=O) groups is 1. The number of benzene rings is 2. The monoisotopic (exact) mass is 391 g/mol. The first kappa shape index (κ1) is 17.7. The topological polar surface area (TPSA) is 68.0 Å². The Morgan fingerprint density at radius 2 is 1.96 bits per heavy atom. The Morgan fingerprint density at radius 1 is 1.24 bits per heavy atom. The fourth-order valence-corrected chi connectivity index (χ4v) is 3.63. The number of rotatable bonds is 4. The molecule has 0 aliphatic heterocycles. The standard InChI is InChI=1S/C18H15Cl2N3OS/c1-10-3-2-4-11(5-10)18-23-13(9-25-18)8-16(24)22-12-6-14(19)17(21)15(20)7-12/h2-7,9H,8,21H2,1H3,(H,22,24). The molecule has 0 aliphatic rings. The number of nitrogens with two attached hydrogens (primary N) is 1. The first-order valence-electron chi connectivity index (χ1n) is 7.48. The van der Waals surface area contributed by atoms with Crippen LogP contribution in [0.1, 0.15) is 11.3 Å². The van der Waals surface area contributed by atoms with E-state index in [0.717, 1.165) is 10.6 Å². The third-order valence-electron chi connectivity index (χ3n) is 3.52. The molecular weight excluding hydrogens is 377 g/mol. The average molecular weight is 392 g/mol. The highest BCUT2D eigenvalue weighted by Gasteiger charge is 2.11. The second kappa shape index (κ2) is 7.44. The molecule has 7 heteroatoms. The summed E-state index contributed by atoms with van der Waals surface area (Å²) in [7, 11) is 0. The molecule has 0 unspecified atom stereocenters. The van der Waals surface area contributed by atoms with E-state index in [4.69, 9.17) is 28.9 Å². The van der Waals surface area contributed by atoms with E-state index in [0.29, 0.717) is 27.1 Å². The number of nitrogens with zero attached hydrogens (tertiary/aromatic N) is 1. The third kappa shape index (κ3) is 4.31. The van der Waals surface area contributed by atoms with Gasteiger partial charge >= 0.3 is 0 Å². The summed E-state index contributed by atoms with van der Waals surface area (Å²) in [4.78, 5) is 16.8. The van der Waals surface area contributed by atoms with Crippen LogP contribution >= 0.6 is 34.5 Å². The maximum absolute atomic E-state index is 12.2. The van der Waals surface area contributed by atoms with Crippen LogP contribution in [0.25, 0.3) is 10.6 Å². The van der Waals surface area contributed by atoms with Crippen molar-refractivity contribution in [1.29, 1.82) is 0 Å². The van der Waals surface area contributed by atoms with Crippen LogP contribution in [0, 0.1) is 6.92 Å². The Morgan fingerprint density at radius 3 is 2.64 bits per heavy atom. The van der Waals surface area contributed by atoms with Gasteiger partial charge in [0.05, 0.1) is 27.8 Å². The lowest BCUT2D eigenvalue weighted by Gasteiger charge is -2.07. The second-order valence-electron chi connectivity index (χ2n) is 5.59. The number of hydrogen-bond donors (Lipinski definition) is 2. The molecule has 0 saturated carbocycles. The van der Waals surface area contributed by atoms with Crippen LogP contribution in [0.15, 0.2) is 41.8 Å². The molecule has 4 nitrogen and oxygen atoms in total. The van der Waals surface area contributed by atoms with Crippen molar-refractivity contribution < 1.29 is 4.79 Å². The van der Waals surface area contributed by atoms with Gasteiger partial charge in [-0.2, -0.15) is 0 Å². The summed E-state index contributed by atoms with van der Waals surface area (Å²) in [6.45, 7) is 2.04. The molecule has 0 fully saturated rings. The minimum atomic E-state index is -0.196. The lowest BCUT2D eigenvalue weighted by Crippen LogP contribution is -2.14. The second-order valence-corrected chi connectivity index (χ2v) is 7.26. The van der Waals surface area contributed by atoms with Crippen molar-refractivity contribution in [2.45, 2.75) is 13.3 Å². The first-order valence-corrected chi connectivity index (χ1v) is 9.12. The third-order valence-corrected chi connectivity index (χ3v) is 5.09. The van der Waals surface area contributed by atoms with Gasteiger partial charge in [0.25, 0.3) is 0 Å². The van der Waals surface area contributed by atoms with Gasteiger partial charge in [-0.05, 0) is 25.1 Å². The van der Waals surface area contributed by atoms with Gasteiger partial charge in [0, 0.05) is 16.6 Å². The molecule has 0 spiro atoms. The first-order chi connectivity index (χ1) is 11.9. The Bertz CT molecular complexity index is 917. The van der Waals surface area contributed by atoms with E-state index < -0.39 is 0 Å². The maximum atomic E-state index is 12.2. The van der Waals surface area contributed by atoms with Gasteiger partial charge in [-0.3, -0.25) is 4.79 Å². The molecule has 25 heavy (non-hydrogen) atoms. The molecule has 1 aromatic heterocycles. The molecule has 0 aliphatic carbocycles. The van der Waals surface area contributed by atoms with Crippen molar-refractivity contribution >= 4 is 51.8 Å². The molecule has 1 amide bonds. The van der Waals surface area contributed by atoms with E-state index in [1.165, 1.54) is 16.9 Å². The maximum Gasteiger partial charge on any atom is 0.230 e. The number of nitrogens with one attached hydrogen (secondary N) is 1. The minimum Gasteiger partial charge on any atom is -0.396 e. The number of thiazole rings is 1. The van der Waals surface area contributed by atoms with Gasteiger partial charge in [0.15, 0.2) is 0 Å². The molecule has 0 radical (unpaired) electrons. The quantitative estimate of drug-likeness (QED) is 0.601. The van der Waals surface area contributed by atoms with Gasteiger partial charge in [-0.1, -0.05) is 47.0 Å². The molecule has 3 aromatic rings.